The van der Waals surface area contributed by atoms with Crippen LogP contribution in [0.15, 0.2) is 42.5 Å². The number of amides is 2. The average molecular weight is 351 g/mol. The molecule has 0 spiro atoms. The van der Waals surface area contributed by atoms with Crippen molar-refractivity contribution >= 4 is 29.1 Å². The van der Waals surface area contributed by atoms with Crippen LogP contribution in [0.2, 0.25) is 5.02 Å². The van der Waals surface area contributed by atoms with Crippen molar-refractivity contribution < 1.29 is 18.7 Å². The molecule has 24 heavy (non-hydrogen) atoms. The van der Waals surface area contributed by atoms with Gasteiger partial charge in [0.1, 0.15) is 11.6 Å². The molecule has 0 saturated heterocycles. The van der Waals surface area contributed by atoms with E-state index in [1.807, 2.05) is 6.92 Å². The Balaban J connectivity index is 1.90. The van der Waals surface area contributed by atoms with E-state index < -0.39 is 17.6 Å². The van der Waals surface area contributed by atoms with Crippen molar-refractivity contribution in [2.24, 2.45) is 0 Å². The number of nitrogens with one attached hydrogen (secondary N) is 2. The lowest BCUT2D eigenvalue weighted by molar-refractivity contribution is -0.115. The summed E-state index contributed by atoms with van der Waals surface area (Å²) >= 11 is 5.80. The number of anilines is 1. The number of rotatable bonds is 6. The highest BCUT2D eigenvalue weighted by atomic mass is 35.5. The van der Waals surface area contributed by atoms with Crippen LogP contribution in [0.4, 0.5) is 10.1 Å². The van der Waals surface area contributed by atoms with E-state index >= 15 is 0 Å². The zero-order chi connectivity index (χ0) is 17.5. The summed E-state index contributed by atoms with van der Waals surface area (Å²) < 4.78 is 18.9. The van der Waals surface area contributed by atoms with Crippen LogP contribution in [0, 0.1) is 5.82 Å². The third kappa shape index (κ3) is 4.70. The normalized spacial score (nSPS) is 10.1. The van der Waals surface area contributed by atoms with Crippen LogP contribution in [0.3, 0.4) is 0 Å². The lowest BCUT2D eigenvalue weighted by Crippen LogP contribution is -2.33. The van der Waals surface area contributed by atoms with Crippen molar-refractivity contribution in [3.05, 3.63) is 58.9 Å². The topological polar surface area (TPSA) is 67.4 Å². The Morgan fingerprint density at radius 2 is 1.88 bits per heavy atom. The molecule has 2 N–H and O–H groups in total. The molecule has 2 rings (SSSR count). The second-order valence-electron chi connectivity index (χ2n) is 4.78. The van der Waals surface area contributed by atoms with Gasteiger partial charge in [0.2, 0.25) is 5.91 Å². The average Bonchev–Trinajstić information content (AvgIpc) is 2.55. The first-order valence-electron chi connectivity index (χ1n) is 7.26. The predicted molar refractivity (Wildman–Crippen MR) is 90.0 cm³/mol. The van der Waals surface area contributed by atoms with Crippen LogP contribution < -0.4 is 15.4 Å². The summed E-state index contributed by atoms with van der Waals surface area (Å²) in [4.78, 5) is 23.8. The summed E-state index contributed by atoms with van der Waals surface area (Å²) in [5, 5.41) is 4.93. The Morgan fingerprint density at radius 3 is 2.50 bits per heavy atom. The maximum absolute atomic E-state index is 13.6. The molecule has 2 aromatic carbocycles. The summed E-state index contributed by atoms with van der Waals surface area (Å²) in [5.41, 5.74) is 0.273. The number of hydrogen-bond donors (Lipinski definition) is 2. The van der Waals surface area contributed by atoms with Crippen LogP contribution in [0.5, 0.6) is 5.75 Å². The van der Waals surface area contributed by atoms with Gasteiger partial charge in [-0.25, -0.2) is 4.39 Å². The van der Waals surface area contributed by atoms with E-state index in [9.17, 15) is 14.0 Å². The summed E-state index contributed by atoms with van der Waals surface area (Å²) in [7, 11) is 0. The predicted octanol–water partition coefficient (Wildman–Crippen LogP) is 3.25. The van der Waals surface area contributed by atoms with Crippen molar-refractivity contribution in [3.8, 4) is 5.75 Å². The first-order valence-corrected chi connectivity index (χ1v) is 7.64. The molecular weight excluding hydrogens is 335 g/mol. The van der Waals surface area contributed by atoms with E-state index in [4.69, 9.17) is 16.3 Å². The molecule has 126 valence electrons. The number of hydrogen-bond acceptors (Lipinski definition) is 3. The molecule has 0 aliphatic heterocycles. The van der Waals surface area contributed by atoms with Gasteiger partial charge in [0, 0.05) is 5.69 Å². The minimum atomic E-state index is -0.750. The van der Waals surface area contributed by atoms with Gasteiger partial charge < -0.3 is 15.4 Å². The molecule has 5 nitrogen and oxygen atoms in total. The quantitative estimate of drug-likeness (QED) is 0.840. The van der Waals surface area contributed by atoms with E-state index in [1.54, 1.807) is 24.3 Å². The molecule has 0 radical (unpaired) electrons. The van der Waals surface area contributed by atoms with Gasteiger partial charge in [-0.05, 0) is 43.3 Å². The van der Waals surface area contributed by atoms with Gasteiger partial charge in [-0.2, -0.15) is 0 Å². The molecule has 0 heterocycles. The highest BCUT2D eigenvalue weighted by Gasteiger charge is 2.16. The van der Waals surface area contributed by atoms with E-state index in [0.717, 1.165) is 6.07 Å². The van der Waals surface area contributed by atoms with Gasteiger partial charge in [-0.15, -0.1) is 0 Å². The fraction of sp³-hybridized carbons (Fsp3) is 0.176. The molecule has 0 aliphatic rings. The third-order valence-electron chi connectivity index (χ3n) is 3.05. The summed E-state index contributed by atoms with van der Waals surface area (Å²) in [6.45, 7) is 2.12. The lowest BCUT2D eigenvalue weighted by Gasteiger charge is -2.09. The minimum Gasteiger partial charge on any atom is -0.494 e. The van der Waals surface area contributed by atoms with Crippen molar-refractivity contribution in [1.29, 1.82) is 0 Å². The summed E-state index contributed by atoms with van der Waals surface area (Å²) in [6, 6.07) is 10.7. The Kier molecular flexibility index (Phi) is 6.14. The first-order chi connectivity index (χ1) is 11.5. The van der Waals surface area contributed by atoms with Crippen LogP contribution in [0.1, 0.15) is 17.3 Å². The van der Waals surface area contributed by atoms with Gasteiger partial charge in [0.15, 0.2) is 0 Å². The Hall–Kier alpha value is -2.60. The van der Waals surface area contributed by atoms with Crippen LogP contribution >= 0.6 is 11.6 Å². The van der Waals surface area contributed by atoms with Gasteiger partial charge in [-0.3, -0.25) is 9.59 Å². The third-order valence-corrected chi connectivity index (χ3v) is 3.36. The van der Waals surface area contributed by atoms with Crippen molar-refractivity contribution in [3.63, 3.8) is 0 Å². The fourth-order valence-electron chi connectivity index (χ4n) is 1.97. The Morgan fingerprint density at radius 1 is 1.17 bits per heavy atom. The molecule has 0 aromatic heterocycles. The first kappa shape index (κ1) is 17.7. The van der Waals surface area contributed by atoms with Crippen LogP contribution in [-0.2, 0) is 4.79 Å². The molecule has 0 saturated carbocycles. The number of halogens is 2. The highest BCUT2D eigenvalue weighted by molar-refractivity contribution is 6.33. The maximum atomic E-state index is 13.6. The lowest BCUT2D eigenvalue weighted by atomic mass is 10.2. The van der Waals surface area contributed by atoms with Gasteiger partial charge in [0.25, 0.3) is 5.91 Å². The SMILES string of the molecule is CCOc1ccc(NC(=O)CNC(=O)c2c(F)cccc2Cl)cc1. The fourth-order valence-corrected chi connectivity index (χ4v) is 2.22. The zero-order valence-electron chi connectivity index (χ0n) is 12.9. The molecule has 0 bridgehead atoms. The largest absolute Gasteiger partial charge is 0.494 e. The second-order valence-corrected chi connectivity index (χ2v) is 5.19. The molecule has 0 unspecified atom stereocenters. The van der Waals surface area contributed by atoms with Gasteiger partial charge in [-0.1, -0.05) is 17.7 Å². The van der Waals surface area contributed by atoms with E-state index in [-0.39, 0.29) is 17.1 Å². The van der Waals surface area contributed by atoms with Crippen molar-refractivity contribution in [2.75, 3.05) is 18.5 Å². The van der Waals surface area contributed by atoms with Crippen LogP contribution in [0.25, 0.3) is 0 Å². The molecule has 0 aliphatic carbocycles. The Bertz CT molecular complexity index is 715. The van der Waals surface area contributed by atoms with Crippen molar-refractivity contribution in [2.45, 2.75) is 6.92 Å². The zero-order valence-corrected chi connectivity index (χ0v) is 13.7. The molecule has 2 amide bonds. The molecule has 2 aromatic rings. The molecular formula is C17H16ClFN2O3. The Labute approximate surface area is 143 Å². The smallest absolute Gasteiger partial charge is 0.256 e. The van der Waals surface area contributed by atoms with Gasteiger partial charge in [0.05, 0.1) is 23.7 Å². The summed E-state index contributed by atoms with van der Waals surface area (Å²) in [5.74, 6) is -1.25. The van der Waals surface area contributed by atoms with Crippen LogP contribution in [-0.4, -0.2) is 25.0 Å². The number of benzene rings is 2. The molecule has 0 atom stereocenters. The standard InChI is InChI=1S/C17H16ClFN2O3/c1-2-24-12-8-6-11(7-9-12)21-15(22)10-20-17(23)16-13(18)4-3-5-14(16)19/h3-9H,2,10H2,1H3,(H,20,23)(H,21,22). The number of carbonyl (C=O) groups is 2. The molecule has 7 heteroatoms. The number of ether oxygens (including phenoxy) is 1. The van der Waals surface area contributed by atoms with Crippen molar-refractivity contribution in [1.82, 2.24) is 5.32 Å². The van der Waals surface area contributed by atoms with E-state index in [2.05, 4.69) is 10.6 Å². The minimum absolute atomic E-state index is 0.0144. The van der Waals surface area contributed by atoms with E-state index in [1.165, 1.54) is 12.1 Å². The second kappa shape index (κ2) is 8.31. The maximum Gasteiger partial charge on any atom is 0.256 e. The molecule has 0 fully saturated rings. The van der Waals surface area contributed by atoms with E-state index in [0.29, 0.717) is 18.0 Å². The highest BCUT2D eigenvalue weighted by Crippen LogP contribution is 2.18. The van der Waals surface area contributed by atoms with Gasteiger partial charge >= 0.3 is 0 Å². The summed E-state index contributed by atoms with van der Waals surface area (Å²) in [6.07, 6.45) is 0. The monoisotopic (exact) mass is 350 g/mol. The number of carbonyl (C=O) groups excluding carboxylic acids is 2.